The first-order valence-corrected chi connectivity index (χ1v) is 3.72. The molecule has 1 heterocycles. The van der Waals surface area contributed by atoms with Crippen LogP contribution in [0.2, 0.25) is 0 Å². The number of amides is 1. The fourth-order valence-electron chi connectivity index (χ4n) is 0.940. The van der Waals surface area contributed by atoms with Crippen molar-refractivity contribution in [3.8, 4) is 0 Å². The molecule has 0 bridgehead atoms. The molecule has 1 aromatic rings. The summed E-state index contributed by atoms with van der Waals surface area (Å²) in [6.07, 6.45) is 0. The number of hydrogen-bond donors (Lipinski definition) is 2. The minimum absolute atomic E-state index is 0.246. The van der Waals surface area contributed by atoms with Crippen LogP contribution in [0, 0.1) is 6.92 Å². The van der Waals surface area contributed by atoms with Crippen LogP contribution in [-0.2, 0) is 4.79 Å². The summed E-state index contributed by atoms with van der Waals surface area (Å²) < 4.78 is 5.25. The molecule has 12 heavy (non-hydrogen) atoms. The molecule has 66 valence electrons. The maximum absolute atomic E-state index is 11.0. The third-order valence-corrected chi connectivity index (χ3v) is 1.72. The molecule has 0 saturated heterocycles. The lowest BCUT2D eigenvalue weighted by molar-refractivity contribution is -0.122. The van der Waals surface area contributed by atoms with Crippen molar-refractivity contribution < 1.29 is 9.21 Å². The summed E-state index contributed by atoms with van der Waals surface area (Å²) >= 11 is 0. The molecule has 1 aromatic heterocycles. The van der Waals surface area contributed by atoms with Crippen LogP contribution >= 0.6 is 0 Å². The van der Waals surface area contributed by atoms with Gasteiger partial charge in [-0.3, -0.25) is 10.2 Å². The monoisotopic (exact) mass is 168 g/mol. The van der Waals surface area contributed by atoms with Crippen molar-refractivity contribution in [3.63, 3.8) is 0 Å². The lowest BCUT2D eigenvalue weighted by Crippen LogP contribution is -2.33. The number of hydrogen-bond acceptors (Lipinski definition) is 3. The minimum atomic E-state index is -0.330. The van der Waals surface area contributed by atoms with E-state index in [4.69, 9.17) is 10.3 Å². The van der Waals surface area contributed by atoms with Crippen LogP contribution in [0.25, 0.3) is 0 Å². The van der Waals surface area contributed by atoms with E-state index in [1.54, 1.807) is 13.0 Å². The molecule has 3 N–H and O–H groups in total. The summed E-state index contributed by atoms with van der Waals surface area (Å²) in [5, 5.41) is 0. The number of nitrogens with two attached hydrogens (primary N) is 1. The fraction of sp³-hybridized carbons (Fsp3) is 0.375. The Bertz CT molecular complexity index is 280. The lowest BCUT2D eigenvalue weighted by atomic mass is 10.1. The summed E-state index contributed by atoms with van der Waals surface area (Å²) in [6, 6.07) is 3.59. The van der Waals surface area contributed by atoms with Gasteiger partial charge in [0.05, 0.1) is 5.92 Å². The van der Waals surface area contributed by atoms with Crippen molar-refractivity contribution in [1.82, 2.24) is 5.43 Å². The van der Waals surface area contributed by atoms with Crippen LogP contribution in [0.15, 0.2) is 16.5 Å². The minimum Gasteiger partial charge on any atom is -0.466 e. The maximum atomic E-state index is 11.0. The average molecular weight is 168 g/mol. The Morgan fingerprint density at radius 3 is 2.75 bits per heavy atom. The first-order valence-electron chi connectivity index (χ1n) is 3.72. The SMILES string of the molecule is Cc1ccc(C(C)C(=O)NN)o1. The number of nitrogens with one attached hydrogen (secondary N) is 1. The molecular formula is C8H12N2O2. The second-order valence-corrected chi connectivity index (χ2v) is 2.68. The Morgan fingerprint density at radius 1 is 1.67 bits per heavy atom. The van der Waals surface area contributed by atoms with Gasteiger partial charge in [0.15, 0.2) is 0 Å². The van der Waals surface area contributed by atoms with E-state index in [1.807, 2.05) is 13.0 Å². The van der Waals surface area contributed by atoms with Gasteiger partial charge in [0.1, 0.15) is 11.5 Å². The molecule has 1 amide bonds. The second kappa shape index (κ2) is 3.40. The van der Waals surface area contributed by atoms with Gasteiger partial charge in [0.2, 0.25) is 5.91 Å². The Balaban J connectivity index is 2.77. The van der Waals surface area contributed by atoms with E-state index >= 15 is 0 Å². The van der Waals surface area contributed by atoms with Crippen molar-refractivity contribution in [3.05, 3.63) is 23.7 Å². The van der Waals surface area contributed by atoms with Crippen LogP contribution in [0.5, 0.6) is 0 Å². The molecule has 4 heteroatoms. The number of aryl methyl sites for hydroxylation is 1. The van der Waals surface area contributed by atoms with Crippen LogP contribution < -0.4 is 11.3 Å². The van der Waals surface area contributed by atoms with Crippen LogP contribution in [0.4, 0.5) is 0 Å². The first-order chi connectivity index (χ1) is 5.65. The number of rotatable bonds is 2. The van der Waals surface area contributed by atoms with Crippen LogP contribution in [-0.4, -0.2) is 5.91 Å². The van der Waals surface area contributed by atoms with E-state index in [0.29, 0.717) is 5.76 Å². The summed E-state index contributed by atoms with van der Waals surface area (Å²) in [5.74, 6) is 5.83. The van der Waals surface area contributed by atoms with E-state index in [1.165, 1.54) is 0 Å². The third kappa shape index (κ3) is 1.65. The Labute approximate surface area is 70.7 Å². The molecule has 0 saturated carbocycles. The molecule has 0 aliphatic heterocycles. The zero-order valence-electron chi connectivity index (χ0n) is 7.13. The lowest BCUT2D eigenvalue weighted by Gasteiger charge is -2.05. The summed E-state index contributed by atoms with van der Waals surface area (Å²) in [7, 11) is 0. The molecule has 0 aromatic carbocycles. The van der Waals surface area contributed by atoms with E-state index in [0.717, 1.165) is 5.76 Å². The number of carbonyl (C=O) groups is 1. The zero-order valence-corrected chi connectivity index (χ0v) is 7.13. The van der Waals surface area contributed by atoms with Gasteiger partial charge in [-0.15, -0.1) is 0 Å². The fourth-order valence-corrected chi connectivity index (χ4v) is 0.940. The van der Waals surface area contributed by atoms with Crippen molar-refractivity contribution in [1.29, 1.82) is 0 Å². The van der Waals surface area contributed by atoms with E-state index in [2.05, 4.69) is 5.43 Å². The molecule has 0 aliphatic carbocycles. The second-order valence-electron chi connectivity index (χ2n) is 2.68. The summed E-state index contributed by atoms with van der Waals surface area (Å²) in [5.41, 5.74) is 2.07. The molecular weight excluding hydrogens is 156 g/mol. The highest BCUT2D eigenvalue weighted by atomic mass is 16.3. The molecule has 1 unspecified atom stereocenters. The van der Waals surface area contributed by atoms with Crippen molar-refractivity contribution >= 4 is 5.91 Å². The van der Waals surface area contributed by atoms with Gasteiger partial charge in [0, 0.05) is 0 Å². The highest BCUT2D eigenvalue weighted by Gasteiger charge is 2.16. The number of furan rings is 1. The molecule has 0 spiro atoms. The predicted octanol–water partition coefficient (Wildman–Crippen LogP) is 0.681. The van der Waals surface area contributed by atoms with Gasteiger partial charge < -0.3 is 4.42 Å². The predicted molar refractivity (Wildman–Crippen MR) is 44.2 cm³/mol. The Kier molecular flexibility index (Phi) is 2.50. The maximum Gasteiger partial charge on any atom is 0.244 e. The zero-order chi connectivity index (χ0) is 9.14. The van der Waals surface area contributed by atoms with Gasteiger partial charge >= 0.3 is 0 Å². The van der Waals surface area contributed by atoms with Gasteiger partial charge in [-0.05, 0) is 26.0 Å². The van der Waals surface area contributed by atoms with Crippen molar-refractivity contribution in [2.75, 3.05) is 0 Å². The largest absolute Gasteiger partial charge is 0.466 e. The van der Waals surface area contributed by atoms with E-state index in [-0.39, 0.29) is 11.8 Å². The summed E-state index contributed by atoms with van der Waals surface area (Å²) in [6.45, 7) is 3.57. The first kappa shape index (κ1) is 8.80. The van der Waals surface area contributed by atoms with Crippen LogP contribution in [0.1, 0.15) is 24.4 Å². The van der Waals surface area contributed by atoms with Gasteiger partial charge in [-0.2, -0.15) is 0 Å². The molecule has 0 radical (unpaired) electrons. The Hall–Kier alpha value is -1.29. The molecule has 0 fully saturated rings. The van der Waals surface area contributed by atoms with Gasteiger partial charge in [0.25, 0.3) is 0 Å². The third-order valence-electron chi connectivity index (χ3n) is 1.72. The molecule has 4 nitrogen and oxygen atoms in total. The molecule has 1 rings (SSSR count). The quantitative estimate of drug-likeness (QED) is 0.387. The highest BCUT2D eigenvalue weighted by molar-refractivity contribution is 5.81. The van der Waals surface area contributed by atoms with E-state index in [9.17, 15) is 4.79 Å². The van der Waals surface area contributed by atoms with Gasteiger partial charge in [-0.1, -0.05) is 0 Å². The molecule has 1 atom stereocenters. The smallest absolute Gasteiger partial charge is 0.244 e. The Morgan fingerprint density at radius 2 is 2.33 bits per heavy atom. The van der Waals surface area contributed by atoms with E-state index < -0.39 is 0 Å². The average Bonchev–Trinajstić information content (AvgIpc) is 2.49. The number of hydrazine groups is 1. The van der Waals surface area contributed by atoms with Crippen molar-refractivity contribution in [2.24, 2.45) is 5.84 Å². The topological polar surface area (TPSA) is 68.3 Å². The normalized spacial score (nSPS) is 12.6. The summed E-state index contributed by atoms with van der Waals surface area (Å²) in [4.78, 5) is 11.0. The van der Waals surface area contributed by atoms with Crippen molar-refractivity contribution in [2.45, 2.75) is 19.8 Å². The highest BCUT2D eigenvalue weighted by Crippen LogP contribution is 2.17. The standard InChI is InChI=1S/C8H12N2O2/c1-5-3-4-7(12-5)6(2)8(11)10-9/h3-4,6H,9H2,1-2H3,(H,10,11). The van der Waals surface area contributed by atoms with Gasteiger partial charge in [-0.25, -0.2) is 5.84 Å². The van der Waals surface area contributed by atoms with Crippen LogP contribution in [0.3, 0.4) is 0 Å². The number of carbonyl (C=O) groups excluding carboxylic acids is 1. The molecule has 0 aliphatic rings.